The largest absolute Gasteiger partial charge is 0.481 e. The smallest absolute Gasteiger partial charge is 0.339 e. The molecule has 24 heavy (non-hydrogen) atoms. The molecule has 0 saturated heterocycles. The van der Waals surface area contributed by atoms with E-state index in [1.54, 1.807) is 26.3 Å². The summed E-state index contributed by atoms with van der Waals surface area (Å²) < 4.78 is 9.79. The third kappa shape index (κ3) is 3.56. The number of hydrogen-bond acceptors (Lipinski definition) is 5. The molecule has 2 aromatic rings. The van der Waals surface area contributed by atoms with E-state index in [4.69, 9.17) is 9.47 Å². The highest BCUT2D eigenvalue weighted by Crippen LogP contribution is 2.20. The Morgan fingerprint density at radius 1 is 1.29 bits per heavy atom. The van der Waals surface area contributed by atoms with Gasteiger partial charge < -0.3 is 19.8 Å². The highest BCUT2D eigenvalue weighted by Gasteiger charge is 2.23. The second kappa shape index (κ2) is 7.63. The van der Waals surface area contributed by atoms with Crippen molar-refractivity contribution in [1.29, 1.82) is 0 Å². The summed E-state index contributed by atoms with van der Waals surface area (Å²) in [6.45, 7) is 3.96. The number of carbonyl (C=O) groups excluding carboxylic acids is 2. The van der Waals surface area contributed by atoms with Crippen LogP contribution in [0, 0.1) is 6.92 Å². The Bertz CT molecular complexity index is 735. The molecule has 0 unspecified atom stereocenters. The second-order valence-electron chi connectivity index (χ2n) is 5.22. The highest BCUT2D eigenvalue weighted by molar-refractivity contribution is 6.00. The number of aryl methyl sites for hydroxylation is 1. The van der Waals surface area contributed by atoms with Crippen molar-refractivity contribution in [2.24, 2.45) is 0 Å². The zero-order chi connectivity index (χ0) is 17.7. The summed E-state index contributed by atoms with van der Waals surface area (Å²) in [4.78, 5) is 31.4. The summed E-state index contributed by atoms with van der Waals surface area (Å²) in [6, 6.07) is 3.55. The number of aromatic nitrogens is 2. The molecule has 2 N–H and O–H groups in total. The number of nitrogens with one attached hydrogen (secondary N) is 2. The fraction of sp³-hybridized carbons (Fsp3) is 0.353. The van der Waals surface area contributed by atoms with Crippen molar-refractivity contribution >= 4 is 11.9 Å². The second-order valence-corrected chi connectivity index (χ2v) is 5.22. The molecule has 0 spiro atoms. The average molecular weight is 331 g/mol. The zero-order valence-corrected chi connectivity index (χ0v) is 14.2. The lowest BCUT2D eigenvalue weighted by atomic mass is 10.1. The van der Waals surface area contributed by atoms with Crippen LogP contribution in [0.4, 0.5) is 0 Å². The molecular weight excluding hydrogens is 310 g/mol. The van der Waals surface area contributed by atoms with Crippen LogP contribution in [-0.4, -0.2) is 36.1 Å². The third-order valence-electron chi connectivity index (χ3n) is 3.76. The van der Waals surface area contributed by atoms with E-state index in [9.17, 15) is 9.59 Å². The van der Waals surface area contributed by atoms with Gasteiger partial charge >= 0.3 is 5.97 Å². The van der Waals surface area contributed by atoms with Crippen LogP contribution in [0.1, 0.15) is 44.6 Å². The molecule has 0 saturated carbocycles. The first-order valence-corrected chi connectivity index (χ1v) is 7.58. The van der Waals surface area contributed by atoms with E-state index in [2.05, 4.69) is 15.3 Å². The Morgan fingerprint density at radius 2 is 2.04 bits per heavy atom. The molecule has 128 valence electrons. The van der Waals surface area contributed by atoms with Crippen molar-refractivity contribution in [2.75, 3.05) is 14.2 Å². The van der Waals surface area contributed by atoms with E-state index in [0.29, 0.717) is 41.4 Å². The normalized spacial score (nSPS) is 10.3. The topological polar surface area (TPSA) is 93.3 Å². The van der Waals surface area contributed by atoms with Crippen LogP contribution in [0.25, 0.3) is 0 Å². The lowest BCUT2D eigenvalue weighted by molar-refractivity contribution is 0.0599. The molecule has 7 nitrogen and oxygen atoms in total. The molecule has 0 fully saturated rings. The van der Waals surface area contributed by atoms with Crippen LogP contribution in [0.2, 0.25) is 0 Å². The van der Waals surface area contributed by atoms with E-state index in [0.717, 1.165) is 5.56 Å². The van der Waals surface area contributed by atoms with Gasteiger partial charge in [0.2, 0.25) is 5.88 Å². The van der Waals surface area contributed by atoms with E-state index >= 15 is 0 Å². The Balaban J connectivity index is 2.14. The molecule has 2 rings (SSSR count). The number of aromatic amines is 1. The molecular formula is C17H21N3O4. The minimum absolute atomic E-state index is 0.284. The van der Waals surface area contributed by atoms with Gasteiger partial charge in [-0.1, -0.05) is 13.0 Å². The minimum atomic E-state index is -0.445. The number of amides is 1. The van der Waals surface area contributed by atoms with Gasteiger partial charge in [-0.25, -0.2) is 9.78 Å². The quantitative estimate of drug-likeness (QED) is 0.790. The summed E-state index contributed by atoms with van der Waals surface area (Å²) in [6.07, 6.45) is 2.24. The van der Waals surface area contributed by atoms with E-state index in [-0.39, 0.29) is 5.91 Å². The first-order chi connectivity index (χ1) is 11.5. The number of nitrogens with zero attached hydrogens (tertiary/aromatic N) is 1. The van der Waals surface area contributed by atoms with Gasteiger partial charge in [-0.15, -0.1) is 0 Å². The molecule has 2 aromatic heterocycles. The fourth-order valence-electron chi connectivity index (χ4n) is 2.44. The first-order valence-electron chi connectivity index (χ1n) is 7.58. The maximum atomic E-state index is 12.4. The predicted octanol–water partition coefficient (Wildman–Crippen LogP) is 2.01. The number of rotatable bonds is 6. The van der Waals surface area contributed by atoms with Crippen LogP contribution in [0.15, 0.2) is 18.3 Å². The van der Waals surface area contributed by atoms with Crippen LogP contribution in [0.3, 0.4) is 0 Å². The van der Waals surface area contributed by atoms with Gasteiger partial charge in [0.1, 0.15) is 5.69 Å². The Kier molecular flexibility index (Phi) is 5.57. The molecule has 7 heteroatoms. The summed E-state index contributed by atoms with van der Waals surface area (Å²) in [5, 5.41) is 2.81. The molecule has 0 atom stereocenters. The Labute approximate surface area is 140 Å². The van der Waals surface area contributed by atoms with Crippen LogP contribution < -0.4 is 10.1 Å². The number of pyridine rings is 1. The minimum Gasteiger partial charge on any atom is -0.481 e. The highest BCUT2D eigenvalue weighted by atomic mass is 16.5. The molecule has 0 aliphatic carbocycles. The van der Waals surface area contributed by atoms with E-state index in [1.807, 2.05) is 13.0 Å². The van der Waals surface area contributed by atoms with E-state index < -0.39 is 5.97 Å². The Morgan fingerprint density at radius 3 is 2.58 bits per heavy atom. The van der Waals surface area contributed by atoms with Gasteiger partial charge in [0, 0.05) is 24.5 Å². The first kappa shape index (κ1) is 17.5. The number of hydrogen-bond donors (Lipinski definition) is 2. The van der Waals surface area contributed by atoms with Gasteiger partial charge in [0.25, 0.3) is 5.91 Å². The molecule has 0 aliphatic heterocycles. The number of H-pyrrole nitrogens is 1. The van der Waals surface area contributed by atoms with Gasteiger partial charge in [-0.05, 0) is 24.5 Å². The Hall–Kier alpha value is -2.83. The maximum Gasteiger partial charge on any atom is 0.339 e. The third-order valence-corrected chi connectivity index (χ3v) is 3.76. The SMILES string of the molecule is CCc1[nH]c(C(=O)NCc2ccc(OC)nc2)c(C)c1C(=O)OC. The molecule has 0 radical (unpaired) electrons. The monoisotopic (exact) mass is 331 g/mol. The van der Waals surface area contributed by atoms with Crippen LogP contribution in [0.5, 0.6) is 5.88 Å². The zero-order valence-electron chi connectivity index (χ0n) is 14.2. The van der Waals surface area contributed by atoms with Gasteiger partial charge in [0.15, 0.2) is 0 Å². The lowest BCUT2D eigenvalue weighted by Crippen LogP contribution is -2.24. The number of carbonyl (C=O) groups is 2. The predicted molar refractivity (Wildman–Crippen MR) is 88.2 cm³/mol. The number of ether oxygens (including phenoxy) is 2. The van der Waals surface area contributed by atoms with Gasteiger partial charge in [0.05, 0.1) is 19.8 Å². The molecule has 1 amide bonds. The molecule has 2 heterocycles. The summed E-state index contributed by atoms with van der Waals surface area (Å²) in [7, 11) is 2.87. The van der Waals surface area contributed by atoms with Crippen molar-refractivity contribution in [1.82, 2.24) is 15.3 Å². The van der Waals surface area contributed by atoms with Gasteiger partial charge in [-0.3, -0.25) is 4.79 Å². The standard InChI is InChI=1S/C17H21N3O4/c1-5-12-14(17(22)24-4)10(2)15(20-12)16(21)19-9-11-6-7-13(23-3)18-8-11/h6-8,20H,5,9H2,1-4H3,(H,19,21). The number of methoxy groups -OCH3 is 2. The van der Waals surface area contributed by atoms with E-state index in [1.165, 1.54) is 7.11 Å². The summed E-state index contributed by atoms with van der Waals surface area (Å²) in [5.74, 6) is -0.215. The van der Waals surface area contributed by atoms with Gasteiger partial charge in [-0.2, -0.15) is 0 Å². The van der Waals surface area contributed by atoms with Crippen molar-refractivity contribution < 1.29 is 19.1 Å². The van der Waals surface area contributed by atoms with Crippen molar-refractivity contribution in [3.05, 3.63) is 46.4 Å². The van der Waals surface area contributed by atoms with Crippen molar-refractivity contribution in [2.45, 2.75) is 26.8 Å². The maximum absolute atomic E-state index is 12.4. The average Bonchev–Trinajstić information content (AvgIpc) is 2.96. The molecule has 0 bridgehead atoms. The van der Waals surface area contributed by atoms with Crippen molar-refractivity contribution in [3.8, 4) is 5.88 Å². The lowest BCUT2D eigenvalue weighted by Gasteiger charge is -2.06. The van der Waals surface area contributed by atoms with Crippen LogP contribution >= 0.6 is 0 Å². The molecule has 0 aliphatic rings. The number of esters is 1. The summed E-state index contributed by atoms with van der Waals surface area (Å²) in [5.41, 5.74) is 2.92. The van der Waals surface area contributed by atoms with Crippen LogP contribution in [-0.2, 0) is 17.7 Å². The molecule has 0 aromatic carbocycles. The summed E-state index contributed by atoms with van der Waals surface area (Å²) >= 11 is 0. The fourth-order valence-corrected chi connectivity index (χ4v) is 2.44. The van der Waals surface area contributed by atoms with Crippen molar-refractivity contribution in [3.63, 3.8) is 0 Å².